The van der Waals surface area contributed by atoms with Crippen LogP contribution in [0.2, 0.25) is 0 Å². The molecular formula is C17H10FNO2. The quantitative estimate of drug-likeness (QED) is 0.758. The number of benzene rings is 3. The maximum atomic E-state index is 13.1. The number of aromatic hydroxyl groups is 1. The Labute approximate surface area is 120 Å². The number of rotatable bonds is 2. The molecule has 21 heavy (non-hydrogen) atoms. The minimum atomic E-state index is -0.491. The fraction of sp³-hybridized carbons (Fsp3) is 0. The second-order valence-corrected chi connectivity index (χ2v) is 4.48. The molecule has 3 aromatic rings. The fourth-order valence-corrected chi connectivity index (χ4v) is 2.15. The number of hydrogen-bond acceptors (Lipinski definition) is 3. The smallest absolute Gasteiger partial charge is 0.145 e. The molecular weight excluding hydrogens is 269 g/mol. The van der Waals surface area contributed by atoms with Crippen molar-refractivity contribution in [2.45, 2.75) is 0 Å². The maximum Gasteiger partial charge on any atom is 0.145 e. The van der Waals surface area contributed by atoms with Gasteiger partial charge in [-0.2, -0.15) is 5.26 Å². The Balaban J connectivity index is 2.11. The van der Waals surface area contributed by atoms with Crippen LogP contribution in [0.15, 0.2) is 54.6 Å². The van der Waals surface area contributed by atoms with E-state index in [1.165, 1.54) is 12.1 Å². The van der Waals surface area contributed by atoms with E-state index in [0.717, 1.165) is 6.07 Å². The Morgan fingerprint density at radius 1 is 0.952 bits per heavy atom. The van der Waals surface area contributed by atoms with Crippen LogP contribution in [-0.2, 0) is 0 Å². The van der Waals surface area contributed by atoms with Crippen molar-refractivity contribution in [2.24, 2.45) is 0 Å². The SMILES string of the molecule is N#Cc1cc(F)ccc1Oc1cccc2c(O)cccc12. The van der Waals surface area contributed by atoms with Crippen molar-refractivity contribution >= 4 is 10.8 Å². The molecule has 0 fully saturated rings. The minimum Gasteiger partial charge on any atom is -0.507 e. The number of phenolic OH excluding ortho intramolecular Hbond substituents is 1. The van der Waals surface area contributed by atoms with Crippen molar-refractivity contribution < 1.29 is 14.2 Å². The number of ether oxygens (including phenoxy) is 1. The number of phenols is 1. The Bertz CT molecular complexity index is 868. The summed E-state index contributed by atoms with van der Waals surface area (Å²) < 4.78 is 18.9. The van der Waals surface area contributed by atoms with Gasteiger partial charge in [0.25, 0.3) is 0 Å². The molecule has 0 aliphatic heterocycles. The van der Waals surface area contributed by atoms with Crippen LogP contribution in [0.1, 0.15) is 5.56 Å². The van der Waals surface area contributed by atoms with Gasteiger partial charge in [0.05, 0.1) is 5.56 Å². The molecule has 0 aliphatic carbocycles. The van der Waals surface area contributed by atoms with Gasteiger partial charge in [0.2, 0.25) is 0 Å². The molecule has 0 bridgehead atoms. The molecule has 0 unspecified atom stereocenters. The van der Waals surface area contributed by atoms with E-state index in [1.807, 2.05) is 6.07 Å². The molecule has 0 atom stereocenters. The van der Waals surface area contributed by atoms with E-state index in [-0.39, 0.29) is 17.1 Å². The first kappa shape index (κ1) is 12.9. The third-order valence-electron chi connectivity index (χ3n) is 3.14. The summed E-state index contributed by atoms with van der Waals surface area (Å²) in [5, 5.41) is 20.2. The molecule has 0 saturated heterocycles. The van der Waals surface area contributed by atoms with Crippen molar-refractivity contribution in [3.05, 3.63) is 66.0 Å². The van der Waals surface area contributed by atoms with Gasteiger partial charge in [0.15, 0.2) is 0 Å². The lowest BCUT2D eigenvalue weighted by Gasteiger charge is -2.10. The highest BCUT2D eigenvalue weighted by Gasteiger charge is 2.09. The molecule has 4 heteroatoms. The Hall–Kier alpha value is -3.06. The largest absolute Gasteiger partial charge is 0.507 e. The maximum absolute atomic E-state index is 13.1. The molecule has 0 radical (unpaired) electrons. The Morgan fingerprint density at radius 2 is 1.71 bits per heavy atom. The van der Waals surface area contributed by atoms with Crippen LogP contribution in [0.4, 0.5) is 4.39 Å². The van der Waals surface area contributed by atoms with Gasteiger partial charge in [0, 0.05) is 10.8 Å². The zero-order valence-electron chi connectivity index (χ0n) is 10.9. The average Bonchev–Trinajstić information content (AvgIpc) is 2.50. The highest BCUT2D eigenvalue weighted by atomic mass is 19.1. The summed E-state index contributed by atoms with van der Waals surface area (Å²) >= 11 is 0. The third kappa shape index (κ3) is 2.37. The topological polar surface area (TPSA) is 53.2 Å². The van der Waals surface area contributed by atoms with Crippen molar-refractivity contribution in [1.29, 1.82) is 5.26 Å². The number of fused-ring (bicyclic) bond motifs is 1. The molecule has 1 N–H and O–H groups in total. The highest BCUT2D eigenvalue weighted by molar-refractivity contribution is 5.93. The summed E-state index contributed by atoms with van der Waals surface area (Å²) in [5.74, 6) is 0.424. The van der Waals surface area contributed by atoms with Crippen molar-refractivity contribution in [2.75, 3.05) is 0 Å². The van der Waals surface area contributed by atoms with Gasteiger partial charge >= 0.3 is 0 Å². The number of hydrogen-bond donors (Lipinski definition) is 1. The second-order valence-electron chi connectivity index (χ2n) is 4.48. The van der Waals surface area contributed by atoms with E-state index in [0.29, 0.717) is 16.5 Å². The molecule has 0 spiro atoms. The van der Waals surface area contributed by atoms with E-state index in [2.05, 4.69) is 0 Å². The molecule has 0 aliphatic rings. The van der Waals surface area contributed by atoms with E-state index >= 15 is 0 Å². The number of halogens is 1. The monoisotopic (exact) mass is 279 g/mol. The van der Waals surface area contributed by atoms with Gasteiger partial charge in [-0.25, -0.2) is 4.39 Å². The van der Waals surface area contributed by atoms with Crippen molar-refractivity contribution in [1.82, 2.24) is 0 Å². The summed E-state index contributed by atoms with van der Waals surface area (Å²) in [5.41, 5.74) is 0.118. The number of nitrogens with zero attached hydrogens (tertiary/aromatic N) is 1. The number of nitriles is 1. The predicted molar refractivity (Wildman–Crippen MR) is 76.8 cm³/mol. The fourth-order valence-electron chi connectivity index (χ4n) is 2.15. The summed E-state index contributed by atoms with van der Waals surface area (Å²) in [7, 11) is 0. The molecule has 0 amide bonds. The van der Waals surface area contributed by atoms with E-state index < -0.39 is 5.82 Å². The average molecular weight is 279 g/mol. The molecule has 0 heterocycles. The lowest BCUT2D eigenvalue weighted by atomic mass is 10.1. The Morgan fingerprint density at radius 3 is 2.52 bits per heavy atom. The van der Waals surface area contributed by atoms with Gasteiger partial charge in [-0.05, 0) is 30.3 Å². The zero-order valence-corrected chi connectivity index (χ0v) is 10.9. The standard InChI is InChI=1S/C17H10FNO2/c18-12-7-8-16(11(9-12)10-19)21-17-6-2-3-13-14(17)4-1-5-15(13)20/h1-9,20H. The molecule has 3 nitrogen and oxygen atoms in total. The van der Waals surface area contributed by atoms with Crippen molar-refractivity contribution in [3.8, 4) is 23.3 Å². The molecule has 3 aromatic carbocycles. The highest BCUT2D eigenvalue weighted by Crippen LogP contribution is 2.34. The van der Waals surface area contributed by atoms with E-state index in [9.17, 15) is 9.50 Å². The third-order valence-corrected chi connectivity index (χ3v) is 3.14. The van der Waals surface area contributed by atoms with Crippen molar-refractivity contribution in [3.63, 3.8) is 0 Å². The summed E-state index contributed by atoms with van der Waals surface area (Å²) in [6.45, 7) is 0. The van der Waals surface area contributed by atoms with Crippen LogP contribution in [0.5, 0.6) is 17.2 Å². The van der Waals surface area contributed by atoms with Crippen LogP contribution in [-0.4, -0.2) is 5.11 Å². The van der Waals surface area contributed by atoms with Gasteiger partial charge in [0.1, 0.15) is 29.1 Å². The van der Waals surface area contributed by atoms with E-state index in [1.54, 1.807) is 36.4 Å². The van der Waals surface area contributed by atoms with Gasteiger partial charge < -0.3 is 9.84 Å². The van der Waals surface area contributed by atoms with Crippen LogP contribution in [0, 0.1) is 17.1 Å². The Kier molecular flexibility index (Phi) is 3.17. The van der Waals surface area contributed by atoms with Gasteiger partial charge in [-0.1, -0.05) is 24.3 Å². The summed E-state index contributed by atoms with van der Waals surface area (Å²) in [6, 6.07) is 16.0. The van der Waals surface area contributed by atoms with E-state index in [4.69, 9.17) is 10.00 Å². The zero-order chi connectivity index (χ0) is 14.8. The first-order valence-electron chi connectivity index (χ1n) is 6.27. The predicted octanol–water partition coefficient (Wildman–Crippen LogP) is 4.35. The summed E-state index contributed by atoms with van der Waals surface area (Å²) in [4.78, 5) is 0. The summed E-state index contributed by atoms with van der Waals surface area (Å²) in [6.07, 6.45) is 0. The minimum absolute atomic E-state index is 0.118. The molecule has 0 saturated carbocycles. The van der Waals surface area contributed by atoms with Crippen LogP contribution in [0.25, 0.3) is 10.8 Å². The van der Waals surface area contributed by atoms with Gasteiger partial charge in [-0.3, -0.25) is 0 Å². The van der Waals surface area contributed by atoms with Crippen LogP contribution < -0.4 is 4.74 Å². The molecule has 102 valence electrons. The first-order valence-corrected chi connectivity index (χ1v) is 6.27. The normalized spacial score (nSPS) is 10.3. The first-order chi connectivity index (χ1) is 10.2. The van der Waals surface area contributed by atoms with Crippen LogP contribution in [0.3, 0.4) is 0 Å². The van der Waals surface area contributed by atoms with Crippen LogP contribution >= 0.6 is 0 Å². The lowest BCUT2D eigenvalue weighted by Crippen LogP contribution is -1.90. The second kappa shape index (κ2) is 5.14. The lowest BCUT2D eigenvalue weighted by molar-refractivity contribution is 0.477. The van der Waals surface area contributed by atoms with Gasteiger partial charge in [-0.15, -0.1) is 0 Å². The molecule has 3 rings (SSSR count). The molecule has 0 aromatic heterocycles.